The number of carbonyl (C=O) groups excluding carboxylic acids is 1. The van der Waals surface area contributed by atoms with Crippen LogP contribution in [0.3, 0.4) is 0 Å². The van der Waals surface area contributed by atoms with Gasteiger partial charge in [0.05, 0.1) is 5.60 Å². The van der Waals surface area contributed by atoms with E-state index in [-0.39, 0.29) is 17.6 Å². The van der Waals surface area contributed by atoms with Crippen LogP contribution >= 0.6 is 0 Å². The zero-order chi connectivity index (χ0) is 16.5. The van der Waals surface area contributed by atoms with Crippen LogP contribution in [0.2, 0.25) is 0 Å². The molecule has 1 fully saturated rings. The van der Waals surface area contributed by atoms with E-state index in [9.17, 15) is 9.90 Å². The minimum Gasteiger partial charge on any atom is -0.444 e. The van der Waals surface area contributed by atoms with Gasteiger partial charge in [-0.25, -0.2) is 4.79 Å². The van der Waals surface area contributed by atoms with Gasteiger partial charge in [-0.3, -0.25) is 0 Å². The van der Waals surface area contributed by atoms with E-state index in [1.807, 2.05) is 34.6 Å². The first-order valence-electron chi connectivity index (χ1n) is 7.74. The van der Waals surface area contributed by atoms with Crippen molar-refractivity contribution >= 4 is 6.09 Å². The molecular formula is C16H32N2O3. The van der Waals surface area contributed by atoms with Crippen molar-refractivity contribution in [3.05, 3.63) is 0 Å². The number of nitrogens with one attached hydrogen (secondary N) is 1. The molecule has 1 atom stereocenters. The van der Waals surface area contributed by atoms with Crippen LogP contribution in [-0.2, 0) is 4.74 Å². The highest BCUT2D eigenvalue weighted by Gasteiger charge is 2.38. The van der Waals surface area contributed by atoms with Gasteiger partial charge in [0, 0.05) is 25.7 Å². The van der Waals surface area contributed by atoms with E-state index in [4.69, 9.17) is 4.74 Å². The van der Waals surface area contributed by atoms with Crippen LogP contribution < -0.4 is 5.32 Å². The van der Waals surface area contributed by atoms with Gasteiger partial charge in [0.2, 0.25) is 0 Å². The number of piperazine rings is 1. The molecule has 0 aromatic carbocycles. The molecule has 1 heterocycles. The zero-order valence-electron chi connectivity index (χ0n) is 14.6. The Morgan fingerprint density at radius 1 is 1.24 bits per heavy atom. The van der Waals surface area contributed by atoms with Crippen molar-refractivity contribution in [2.24, 2.45) is 5.41 Å². The van der Waals surface area contributed by atoms with Crippen molar-refractivity contribution in [2.75, 3.05) is 19.6 Å². The summed E-state index contributed by atoms with van der Waals surface area (Å²) in [5, 5.41) is 13.5. The van der Waals surface area contributed by atoms with Gasteiger partial charge in [0.15, 0.2) is 0 Å². The van der Waals surface area contributed by atoms with Crippen molar-refractivity contribution in [1.82, 2.24) is 10.2 Å². The first-order valence-corrected chi connectivity index (χ1v) is 7.74. The van der Waals surface area contributed by atoms with Crippen molar-refractivity contribution in [1.29, 1.82) is 0 Å². The Morgan fingerprint density at radius 3 is 2.29 bits per heavy atom. The molecule has 0 bridgehead atoms. The second-order valence-corrected chi connectivity index (χ2v) is 8.41. The van der Waals surface area contributed by atoms with Crippen LogP contribution in [0.4, 0.5) is 4.79 Å². The zero-order valence-corrected chi connectivity index (χ0v) is 14.6. The third kappa shape index (κ3) is 6.22. The van der Waals surface area contributed by atoms with Gasteiger partial charge in [0.1, 0.15) is 5.60 Å². The second kappa shape index (κ2) is 6.13. The van der Waals surface area contributed by atoms with Gasteiger partial charge in [-0.05, 0) is 46.5 Å². The van der Waals surface area contributed by atoms with Crippen LogP contribution in [-0.4, -0.2) is 53.0 Å². The van der Waals surface area contributed by atoms with Gasteiger partial charge < -0.3 is 20.1 Å². The smallest absolute Gasteiger partial charge is 0.410 e. The van der Waals surface area contributed by atoms with Gasteiger partial charge in [-0.15, -0.1) is 0 Å². The van der Waals surface area contributed by atoms with Crippen molar-refractivity contribution < 1.29 is 14.6 Å². The van der Waals surface area contributed by atoms with Gasteiger partial charge >= 0.3 is 6.09 Å². The molecule has 21 heavy (non-hydrogen) atoms. The van der Waals surface area contributed by atoms with Crippen LogP contribution in [0, 0.1) is 5.41 Å². The lowest BCUT2D eigenvalue weighted by Crippen LogP contribution is -2.59. The molecule has 0 spiro atoms. The topological polar surface area (TPSA) is 61.8 Å². The van der Waals surface area contributed by atoms with Crippen LogP contribution in [0.1, 0.15) is 54.9 Å². The number of amides is 1. The summed E-state index contributed by atoms with van der Waals surface area (Å²) < 4.78 is 5.45. The number of rotatable bonds is 3. The van der Waals surface area contributed by atoms with E-state index in [0.29, 0.717) is 19.5 Å². The Kier molecular flexibility index (Phi) is 5.32. The number of aliphatic hydroxyl groups is 1. The Labute approximate surface area is 129 Å². The van der Waals surface area contributed by atoms with E-state index in [0.717, 1.165) is 6.54 Å². The molecule has 0 aromatic heterocycles. The molecule has 1 rings (SSSR count). The minimum absolute atomic E-state index is 0.112. The molecule has 5 heteroatoms. The Bertz CT molecular complexity index is 367. The quantitative estimate of drug-likeness (QED) is 0.840. The Hall–Kier alpha value is -0.810. The largest absolute Gasteiger partial charge is 0.444 e. The van der Waals surface area contributed by atoms with Crippen LogP contribution in [0.25, 0.3) is 0 Å². The average Bonchev–Trinajstić information content (AvgIpc) is 2.23. The molecule has 1 saturated heterocycles. The van der Waals surface area contributed by atoms with E-state index in [1.54, 1.807) is 4.90 Å². The van der Waals surface area contributed by atoms with Gasteiger partial charge in [-0.1, -0.05) is 13.8 Å². The molecule has 0 aromatic rings. The third-order valence-corrected chi connectivity index (χ3v) is 3.66. The standard InChI is InChI=1S/C16H32N2O3/c1-14(2,3)21-13(19)18-9-8-17-12(10-18)15(4,5)11-16(6,7)20/h12,17,20H,8-11H2,1-7H3. The van der Waals surface area contributed by atoms with E-state index in [1.165, 1.54) is 0 Å². The van der Waals surface area contributed by atoms with E-state index >= 15 is 0 Å². The van der Waals surface area contributed by atoms with Gasteiger partial charge in [0.25, 0.3) is 0 Å². The second-order valence-electron chi connectivity index (χ2n) is 8.41. The highest BCUT2D eigenvalue weighted by Crippen LogP contribution is 2.32. The predicted octanol–water partition coefficient (Wildman–Crippen LogP) is 2.38. The third-order valence-electron chi connectivity index (χ3n) is 3.66. The first-order chi connectivity index (χ1) is 9.30. The summed E-state index contributed by atoms with van der Waals surface area (Å²) in [7, 11) is 0. The summed E-state index contributed by atoms with van der Waals surface area (Å²) in [5.41, 5.74) is -1.31. The summed E-state index contributed by atoms with van der Waals surface area (Å²) in [6.07, 6.45) is 0.410. The lowest BCUT2D eigenvalue weighted by molar-refractivity contribution is -0.00455. The first kappa shape index (κ1) is 18.2. The monoisotopic (exact) mass is 300 g/mol. The maximum absolute atomic E-state index is 12.2. The predicted molar refractivity (Wildman–Crippen MR) is 84.3 cm³/mol. The van der Waals surface area contributed by atoms with Crippen molar-refractivity contribution in [3.8, 4) is 0 Å². The number of nitrogens with zero attached hydrogens (tertiary/aromatic N) is 1. The molecule has 0 aliphatic carbocycles. The molecule has 124 valence electrons. The molecule has 1 unspecified atom stereocenters. The summed E-state index contributed by atoms with van der Waals surface area (Å²) >= 11 is 0. The lowest BCUT2D eigenvalue weighted by atomic mass is 9.75. The van der Waals surface area contributed by atoms with E-state index in [2.05, 4.69) is 19.2 Å². The summed E-state index contributed by atoms with van der Waals surface area (Å²) in [6, 6.07) is 0.144. The molecule has 1 amide bonds. The molecule has 0 radical (unpaired) electrons. The van der Waals surface area contributed by atoms with Gasteiger partial charge in [-0.2, -0.15) is 0 Å². The SMILES string of the molecule is CC(C)(O)CC(C)(C)C1CN(C(=O)OC(C)(C)C)CCN1. The highest BCUT2D eigenvalue weighted by molar-refractivity contribution is 5.68. The minimum atomic E-state index is -0.723. The Balaban J connectivity index is 2.69. The Morgan fingerprint density at radius 2 is 1.81 bits per heavy atom. The average molecular weight is 300 g/mol. The number of hydrogen-bond donors (Lipinski definition) is 2. The summed E-state index contributed by atoms with van der Waals surface area (Å²) in [6.45, 7) is 15.5. The fraction of sp³-hybridized carbons (Fsp3) is 0.938. The van der Waals surface area contributed by atoms with Crippen LogP contribution in [0.15, 0.2) is 0 Å². The highest BCUT2D eigenvalue weighted by atomic mass is 16.6. The maximum atomic E-state index is 12.2. The molecule has 1 aliphatic rings. The number of ether oxygens (including phenoxy) is 1. The normalized spacial score (nSPS) is 21.3. The number of carbonyl (C=O) groups is 1. The van der Waals surface area contributed by atoms with E-state index < -0.39 is 11.2 Å². The van der Waals surface area contributed by atoms with Crippen molar-refractivity contribution in [2.45, 2.75) is 72.1 Å². The molecule has 2 N–H and O–H groups in total. The van der Waals surface area contributed by atoms with Crippen LogP contribution in [0.5, 0.6) is 0 Å². The lowest BCUT2D eigenvalue weighted by Gasteiger charge is -2.44. The molecule has 1 aliphatic heterocycles. The maximum Gasteiger partial charge on any atom is 0.410 e. The molecular weight excluding hydrogens is 268 g/mol. The summed E-state index contributed by atoms with van der Waals surface area (Å²) in [4.78, 5) is 14.0. The fourth-order valence-corrected chi connectivity index (χ4v) is 3.00. The molecule has 0 saturated carbocycles. The fourth-order valence-electron chi connectivity index (χ4n) is 3.00. The summed E-state index contributed by atoms with van der Waals surface area (Å²) in [5.74, 6) is 0. The number of hydrogen-bond acceptors (Lipinski definition) is 4. The molecule has 5 nitrogen and oxygen atoms in total. The van der Waals surface area contributed by atoms with Crippen molar-refractivity contribution in [3.63, 3.8) is 0 Å².